The Morgan fingerprint density at radius 3 is 2.03 bits per heavy atom. The Bertz CT molecular complexity index is 931. The van der Waals surface area contributed by atoms with Gasteiger partial charge < -0.3 is 42.6 Å². The van der Waals surface area contributed by atoms with Gasteiger partial charge in [-0.25, -0.2) is 9.59 Å². The lowest BCUT2D eigenvalue weighted by atomic mass is 9.94. The van der Waals surface area contributed by atoms with E-state index < -0.39 is 83.6 Å². The second-order valence-electron chi connectivity index (χ2n) is 9.50. The van der Waals surface area contributed by atoms with Crippen LogP contribution in [0.5, 0.6) is 0 Å². The lowest BCUT2D eigenvalue weighted by molar-refractivity contribution is -0.181. The van der Waals surface area contributed by atoms with Crippen LogP contribution in [0.25, 0.3) is 0 Å². The molecule has 0 aromatic rings. The molecule has 0 bridgehead atoms. The molecular formula is C21H34N6O9. The summed E-state index contributed by atoms with van der Waals surface area (Å²) >= 11 is 0. The summed E-state index contributed by atoms with van der Waals surface area (Å²) in [5.41, 5.74) is 12.3. The summed E-state index contributed by atoms with van der Waals surface area (Å²) in [5.74, 6) is -7.48. The van der Waals surface area contributed by atoms with Gasteiger partial charge in [-0.1, -0.05) is 0 Å². The van der Waals surface area contributed by atoms with Gasteiger partial charge in [0.2, 0.25) is 35.1 Å². The fourth-order valence-corrected chi connectivity index (χ4v) is 3.58. The van der Waals surface area contributed by atoms with Crippen molar-refractivity contribution in [3.8, 4) is 0 Å². The molecule has 4 unspecified atom stereocenters. The van der Waals surface area contributed by atoms with Crippen LogP contribution in [0.3, 0.4) is 0 Å². The van der Waals surface area contributed by atoms with Crippen LogP contribution >= 0.6 is 0 Å². The first-order chi connectivity index (χ1) is 16.4. The van der Waals surface area contributed by atoms with Crippen molar-refractivity contribution in [3.05, 3.63) is 0 Å². The number of carbonyl (C=O) groups is 7. The summed E-state index contributed by atoms with van der Waals surface area (Å²) in [6, 6.07) is -4.25. The van der Waals surface area contributed by atoms with E-state index in [-0.39, 0.29) is 19.4 Å². The number of likely N-dealkylation sites (tertiary alicyclic amines) is 1. The molecule has 1 heterocycles. The maximum Gasteiger partial charge on any atom is 0.344 e. The molecule has 4 atom stereocenters. The Kier molecular flexibility index (Phi) is 9.92. The molecule has 1 rings (SSSR count). The van der Waals surface area contributed by atoms with Gasteiger partial charge in [0.05, 0.1) is 18.9 Å². The van der Waals surface area contributed by atoms with Gasteiger partial charge in [0.25, 0.3) is 0 Å². The van der Waals surface area contributed by atoms with E-state index in [1.165, 1.54) is 27.7 Å². The monoisotopic (exact) mass is 514 g/mol. The Hall–Kier alpha value is -3.75. The molecule has 1 saturated heterocycles. The van der Waals surface area contributed by atoms with Crippen LogP contribution in [0, 0.1) is 0 Å². The zero-order chi connectivity index (χ0) is 28.0. The molecule has 15 heteroatoms. The maximum atomic E-state index is 13.4. The first-order valence-electron chi connectivity index (χ1n) is 11.1. The molecule has 15 nitrogen and oxygen atoms in total. The first-order valence-corrected chi connectivity index (χ1v) is 11.1. The number of carboxylic acids is 1. The third-order valence-electron chi connectivity index (χ3n) is 5.27. The van der Waals surface area contributed by atoms with E-state index in [4.69, 9.17) is 21.9 Å². The number of nitrogens with zero attached hydrogens (tertiary/aromatic N) is 1. The van der Waals surface area contributed by atoms with Gasteiger partial charge in [-0.2, -0.15) is 0 Å². The topological polar surface area (TPSA) is 254 Å². The van der Waals surface area contributed by atoms with Crippen molar-refractivity contribution in [2.75, 3.05) is 6.54 Å². The van der Waals surface area contributed by atoms with Crippen LogP contribution in [-0.4, -0.2) is 87.3 Å². The summed E-state index contributed by atoms with van der Waals surface area (Å²) in [6.07, 6.45) is -1.30. The lowest BCUT2D eigenvalue weighted by Crippen LogP contribution is -2.64. The van der Waals surface area contributed by atoms with E-state index in [1.54, 1.807) is 0 Å². The molecule has 202 valence electrons. The highest BCUT2D eigenvalue weighted by Gasteiger charge is 2.59. The summed E-state index contributed by atoms with van der Waals surface area (Å²) in [6.45, 7) is 5.67. The largest absolute Gasteiger partial charge is 0.479 e. The fraction of sp³-hybridized carbons (Fsp3) is 0.667. The second-order valence-corrected chi connectivity index (χ2v) is 9.50. The SMILES string of the molecule is CC(NC(=O)C(N)CC(N)=O)C(=O)NC(CC(N)=O)C(=O)N1CCCC1(C(=O)O)C(=O)OC(C)(C)C. The summed E-state index contributed by atoms with van der Waals surface area (Å²) in [4.78, 5) is 86.5. The van der Waals surface area contributed by atoms with E-state index in [9.17, 15) is 38.7 Å². The molecule has 5 amide bonds. The lowest BCUT2D eigenvalue weighted by Gasteiger charge is -2.36. The van der Waals surface area contributed by atoms with Gasteiger partial charge in [0, 0.05) is 6.54 Å². The van der Waals surface area contributed by atoms with E-state index in [0.717, 1.165) is 4.90 Å². The second kappa shape index (κ2) is 11.8. The van der Waals surface area contributed by atoms with Gasteiger partial charge in [-0.15, -0.1) is 0 Å². The van der Waals surface area contributed by atoms with Crippen LogP contribution in [0.4, 0.5) is 0 Å². The average molecular weight is 515 g/mol. The van der Waals surface area contributed by atoms with Crippen molar-refractivity contribution >= 4 is 41.5 Å². The number of nitrogens with one attached hydrogen (secondary N) is 2. The molecule has 0 spiro atoms. The number of primary amides is 2. The third kappa shape index (κ3) is 7.63. The van der Waals surface area contributed by atoms with Gasteiger partial charge >= 0.3 is 11.9 Å². The van der Waals surface area contributed by atoms with Crippen LogP contribution in [-0.2, 0) is 38.3 Å². The molecule has 36 heavy (non-hydrogen) atoms. The molecule has 1 aliphatic heterocycles. The Morgan fingerprint density at radius 1 is 1.00 bits per heavy atom. The number of hydrogen-bond donors (Lipinski definition) is 6. The highest BCUT2D eigenvalue weighted by Crippen LogP contribution is 2.33. The van der Waals surface area contributed by atoms with Crippen molar-refractivity contribution in [2.24, 2.45) is 17.2 Å². The summed E-state index contributed by atoms with van der Waals surface area (Å²) in [5, 5.41) is 14.4. The predicted octanol–water partition coefficient (Wildman–Crippen LogP) is -3.16. The number of nitrogens with two attached hydrogens (primary N) is 3. The quantitative estimate of drug-likeness (QED) is 0.119. The minimum Gasteiger partial charge on any atom is -0.479 e. The number of hydrogen-bond acceptors (Lipinski definition) is 9. The van der Waals surface area contributed by atoms with Crippen LogP contribution in [0.15, 0.2) is 0 Å². The van der Waals surface area contributed by atoms with Crippen LogP contribution < -0.4 is 27.8 Å². The molecule has 0 radical (unpaired) electrons. The van der Waals surface area contributed by atoms with E-state index >= 15 is 0 Å². The standard InChI is InChI=1S/C21H34N6O9/c1-10(25-16(31)11(22)8-13(23)28)15(30)26-12(9-14(24)29)17(32)27-7-5-6-21(27,18(33)34)19(35)36-20(2,3)4/h10-12H,5-9,22H2,1-4H3,(H2,23,28)(H2,24,29)(H,25,31)(H,26,30)(H,33,34). The highest BCUT2D eigenvalue weighted by atomic mass is 16.6. The van der Waals surface area contributed by atoms with Gasteiger partial charge in [0.15, 0.2) is 0 Å². The third-order valence-corrected chi connectivity index (χ3v) is 5.27. The number of amides is 5. The van der Waals surface area contributed by atoms with Crippen molar-refractivity contribution in [1.29, 1.82) is 0 Å². The molecule has 0 aromatic heterocycles. The van der Waals surface area contributed by atoms with E-state index in [0.29, 0.717) is 0 Å². The van der Waals surface area contributed by atoms with Gasteiger partial charge in [0.1, 0.15) is 17.7 Å². The Balaban J connectivity index is 3.16. The molecule has 9 N–H and O–H groups in total. The average Bonchev–Trinajstić information content (AvgIpc) is 3.16. The minimum atomic E-state index is -2.37. The molecule has 1 aliphatic rings. The Morgan fingerprint density at radius 2 is 1.56 bits per heavy atom. The fourth-order valence-electron chi connectivity index (χ4n) is 3.58. The number of aliphatic carboxylic acids is 1. The smallest absolute Gasteiger partial charge is 0.344 e. The number of esters is 1. The molecule has 0 aliphatic carbocycles. The van der Waals surface area contributed by atoms with Crippen molar-refractivity contribution < 1.29 is 43.4 Å². The number of ether oxygens (including phenoxy) is 1. The Labute approximate surface area is 207 Å². The van der Waals surface area contributed by atoms with E-state index in [1.807, 2.05) is 0 Å². The van der Waals surface area contributed by atoms with Crippen LogP contribution in [0.2, 0.25) is 0 Å². The minimum absolute atomic E-state index is 0.138. The summed E-state index contributed by atoms with van der Waals surface area (Å²) < 4.78 is 5.26. The zero-order valence-corrected chi connectivity index (χ0v) is 20.7. The zero-order valence-electron chi connectivity index (χ0n) is 20.7. The molecule has 0 aromatic carbocycles. The number of carbonyl (C=O) groups excluding carboxylic acids is 6. The van der Waals surface area contributed by atoms with Gasteiger partial charge in [-0.3, -0.25) is 24.0 Å². The maximum absolute atomic E-state index is 13.4. The predicted molar refractivity (Wildman–Crippen MR) is 122 cm³/mol. The van der Waals surface area contributed by atoms with Crippen molar-refractivity contribution in [1.82, 2.24) is 15.5 Å². The number of carboxylic acid groups (broad SMARTS) is 1. The van der Waals surface area contributed by atoms with Gasteiger partial charge in [-0.05, 0) is 40.5 Å². The highest BCUT2D eigenvalue weighted by molar-refractivity contribution is 6.09. The normalized spacial score (nSPS) is 20.0. The van der Waals surface area contributed by atoms with Crippen molar-refractivity contribution in [3.63, 3.8) is 0 Å². The molecule has 0 saturated carbocycles. The molecule has 1 fully saturated rings. The van der Waals surface area contributed by atoms with E-state index in [2.05, 4.69) is 10.6 Å². The first kappa shape index (κ1) is 30.3. The van der Waals surface area contributed by atoms with Crippen LogP contribution in [0.1, 0.15) is 53.4 Å². The molecular weight excluding hydrogens is 480 g/mol. The summed E-state index contributed by atoms with van der Waals surface area (Å²) in [7, 11) is 0. The van der Waals surface area contributed by atoms with Crippen molar-refractivity contribution in [2.45, 2.75) is 82.6 Å². The number of rotatable bonds is 11.